The molecule has 0 saturated heterocycles. The maximum atomic E-state index is 13.0. The first kappa shape index (κ1) is 20.5. The van der Waals surface area contributed by atoms with Crippen molar-refractivity contribution in [1.29, 1.82) is 0 Å². The lowest BCUT2D eigenvalue weighted by Gasteiger charge is -2.30. The summed E-state index contributed by atoms with van der Waals surface area (Å²) in [4.78, 5) is 25.4. The fraction of sp³-hybridized carbons (Fsp3) is 0.364. The molecule has 3 rings (SSSR count). The minimum Gasteiger partial charge on any atom is -0.490 e. The van der Waals surface area contributed by atoms with Crippen molar-refractivity contribution in [2.24, 2.45) is 0 Å². The highest BCUT2D eigenvalue weighted by Crippen LogP contribution is 2.34. The van der Waals surface area contributed by atoms with Crippen molar-refractivity contribution < 1.29 is 28.9 Å². The van der Waals surface area contributed by atoms with Crippen LogP contribution in [0.25, 0.3) is 0 Å². The maximum absolute atomic E-state index is 13.0. The zero-order valence-electron chi connectivity index (χ0n) is 16.6. The molecular formula is C22H25NO6. The van der Waals surface area contributed by atoms with E-state index in [1.807, 2.05) is 26.0 Å². The van der Waals surface area contributed by atoms with Crippen molar-refractivity contribution in [1.82, 2.24) is 4.90 Å². The minimum atomic E-state index is -1.06. The van der Waals surface area contributed by atoms with E-state index >= 15 is 0 Å². The van der Waals surface area contributed by atoms with E-state index in [1.165, 1.54) is 0 Å². The molecule has 0 bridgehead atoms. The van der Waals surface area contributed by atoms with Gasteiger partial charge in [0.05, 0.1) is 13.2 Å². The van der Waals surface area contributed by atoms with Crippen LogP contribution in [0.15, 0.2) is 36.4 Å². The molecule has 1 amide bonds. The average Bonchev–Trinajstić information content (AvgIpc) is 2.72. The molecule has 2 aromatic rings. The van der Waals surface area contributed by atoms with E-state index in [2.05, 4.69) is 0 Å². The largest absolute Gasteiger partial charge is 0.490 e. The number of fused-ring (bicyclic) bond motifs is 1. The molecule has 0 radical (unpaired) electrons. The van der Waals surface area contributed by atoms with Crippen molar-refractivity contribution in [2.45, 2.75) is 26.8 Å². The number of amides is 1. The Morgan fingerprint density at radius 2 is 1.69 bits per heavy atom. The van der Waals surface area contributed by atoms with Crippen molar-refractivity contribution in [3.05, 3.63) is 53.1 Å². The van der Waals surface area contributed by atoms with Crippen molar-refractivity contribution in [3.63, 3.8) is 0 Å². The highest BCUT2D eigenvalue weighted by molar-refractivity contribution is 5.94. The first-order valence-corrected chi connectivity index (χ1v) is 9.67. The van der Waals surface area contributed by atoms with Crippen LogP contribution < -0.4 is 14.2 Å². The molecule has 2 aromatic carbocycles. The Morgan fingerprint density at radius 1 is 1.00 bits per heavy atom. The number of nitrogens with zero attached hydrogens (tertiary/aromatic N) is 1. The number of carboxylic acid groups (broad SMARTS) is 1. The topological polar surface area (TPSA) is 85.3 Å². The van der Waals surface area contributed by atoms with Gasteiger partial charge in [0.25, 0.3) is 5.91 Å². The smallest absolute Gasteiger partial charge is 0.341 e. The third-order valence-corrected chi connectivity index (χ3v) is 4.61. The van der Waals surface area contributed by atoms with E-state index in [1.54, 1.807) is 29.2 Å². The molecule has 0 atom stereocenters. The monoisotopic (exact) mass is 399 g/mol. The highest BCUT2D eigenvalue weighted by atomic mass is 16.5. The Hall–Kier alpha value is -3.22. The first-order valence-electron chi connectivity index (χ1n) is 9.67. The lowest BCUT2D eigenvalue weighted by atomic mass is 9.98. The highest BCUT2D eigenvalue weighted by Gasteiger charge is 2.24. The average molecular weight is 399 g/mol. The SMILES string of the molecule is CCOc1cc2c(cc1OCC)CN(C(=O)c1cccc(OCC(=O)O)c1)CC2. The van der Waals surface area contributed by atoms with Gasteiger partial charge in [-0.2, -0.15) is 0 Å². The summed E-state index contributed by atoms with van der Waals surface area (Å²) in [6.07, 6.45) is 0.725. The molecule has 1 aliphatic rings. The zero-order chi connectivity index (χ0) is 20.8. The molecular weight excluding hydrogens is 374 g/mol. The zero-order valence-corrected chi connectivity index (χ0v) is 16.6. The summed E-state index contributed by atoms with van der Waals surface area (Å²) >= 11 is 0. The number of carbonyl (C=O) groups excluding carboxylic acids is 1. The van der Waals surface area contributed by atoms with E-state index < -0.39 is 12.6 Å². The third kappa shape index (κ3) is 4.99. The molecule has 1 aliphatic heterocycles. The van der Waals surface area contributed by atoms with Crippen molar-refractivity contribution in [2.75, 3.05) is 26.4 Å². The van der Waals surface area contributed by atoms with Crippen LogP contribution in [0.5, 0.6) is 17.2 Å². The summed E-state index contributed by atoms with van der Waals surface area (Å²) in [6.45, 7) is 5.56. The lowest BCUT2D eigenvalue weighted by molar-refractivity contribution is -0.139. The number of hydrogen-bond donors (Lipinski definition) is 1. The van der Waals surface area contributed by atoms with E-state index in [0.717, 1.165) is 23.3 Å². The van der Waals surface area contributed by atoms with Gasteiger partial charge in [-0.1, -0.05) is 6.07 Å². The minimum absolute atomic E-state index is 0.122. The number of hydrogen-bond acceptors (Lipinski definition) is 5. The van der Waals surface area contributed by atoms with Crippen LogP contribution in [0.2, 0.25) is 0 Å². The van der Waals surface area contributed by atoms with Crippen LogP contribution in [-0.2, 0) is 17.8 Å². The standard InChI is InChI=1S/C22H25NO6/c1-3-27-19-11-15-8-9-23(13-17(15)12-20(19)28-4-2)22(26)16-6-5-7-18(10-16)29-14-21(24)25/h5-7,10-12H,3-4,8-9,13-14H2,1-2H3,(H,24,25). The van der Waals surface area contributed by atoms with Crippen LogP contribution in [0, 0.1) is 0 Å². The van der Waals surface area contributed by atoms with Crippen molar-refractivity contribution in [3.8, 4) is 17.2 Å². The van der Waals surface area contributed by atoms with Gasteiger partial charge < -0.3 is 24.2 Å². The second-order valence-electron chi connectivity index (χ2n) is 6.62. The molecule has 1 N–H and O–H groups in total. The van der Waals surface area contributed by atoms with Gasteiger partial charge in [0.15, 0.2) is 18.1 Å². The quantitative estimate of drug-likeness (QED) is 0.734. The van der Waals surface area contributed by atoms with Crippen LogP contribution >= 0.6 is 0 Å². The summed E-state index contributed by atoms with van der Waals surface area (Å²) in [6, 6.07) is 10.6. The second kappa shape index (κ2) is 9.32. The molecule has 1 heterocycles. The van der Waals surface area contributed by atoms with Gasteiger partial charge >= 0.3 is 5.97 Å². The predicted octanol–water partition coefficient (Wildman–Crippen LogP) is 3.15. The van der Waals surface area contributed by atoms with Gasteiger partial charge in [-0.05, 0) is 61.7 Å². The summed E-state index contributed by atoms with van der Waals surface area (Å²) in [7, 11) is 0. The number of rotatable bonds is 8. The second-order valence-corrected chi connectivity index (χ2v) is 6.62. The Morgan fingerprint density at radius 3 is 2.34 bits per heavy atom. The lowest BCUT2D eigenvalue weighted by Crippen LogP contribution is -2.36. The van der Waals surface area contributed by atoms with Gasteiger partial charge in [0, 0.05) is 18.7 Å². The summed E-state index contributed by atoms with van der Waals surface area (Å²) in [5, 5.41) is 8.74. The molecule has 0 unspecified atom stereocenters. The van der Waals surface area contributed by atoms with E-state index in [-0.39, 0.29) is 5.91 Å². The molecule has 0 spiro atoms. The maximum Gasteiger partial charge on any atom is 0.341 e. The molecule has 0 aromatic heterocycles. The molecule has 154 valence electrons. The molecule has 7 nitrogen and oxygen atoms in total. The number of ether oxygens (including phenoxy) is 3. The predicted molar refractivity (Wildman–Crippen MR) is 107 cm³/mol. The van der Waals surface area contributed by atoms with Crippen LogP contribution in [-0.4, -0.2) is 48.2 Å². The Bertz CT molecular complexity index is 895. The molecule has 7 heteroatoms. The number of carbonyl (C=O) groups is 2. The van der Waals surface area contributed by atoms with Gasteiger partial charge in [-0.25, -0.2) is 4.79 Å². The molecule has 0 fully saturated rings. The van der Waals surface area contributed by atoms with Crippen molar-refractivity contribution >= 4 is 11.9 Å². The third-order valence-electron chi connectivity index (χ3n) is 4.61. The van der Waals surface area contributed by atoms with Gasteiger partial charge in [-0.3, -0.25) is 4.79 Å². The first-order chi connectivity index (χ1) is 14.0. The van der Waals surface area contributed by atoms with Crippen LogP contribution in [0.3, 0.4) is 0 Å². The molecule has 0 aliphatic carbocycles. The van der Waals surface area contributed by atoms with E-state index in [9.17, 15) is 9.59 Å². The number of benzene rings is 2. The Kier molecular flexibility index (Phi) is 6.59. The summed E-state index contributed by atoms with van der Waals surface area (Å²) in [5.41, 5.74) is 2.65. The van der Waals surface area contributed by atoms with E-state index in [4.69, 9.17) is 19.3 Å². The summed E-state index contributed by atoms with van der Waals surface area (Å²) < 4.78 is 16.6. The Balaban J connectivity index is 1.78. The fourth-order valence-electron chi connectivity index (χ4n) is 3.32. The van der Waals surface area contributed by atoms with E-state index in [0.29, 0.717) is 43.4 Å². The number of carboxylic acids is 1. The van der Waals surface area contributed by atoms with Gasteiger partial charge in [0.2, 0.25) is 0 Å². The van der Waals surface area contributed by atoms with Crippen LogP contribution in [0.4, 0.5) is 0 Å². The fourth-order valence-corrected chi connectivity index (χ4v) is 3.32. The van der Waals surface area contributed by atoms with Gasteiger partial charge in [0.1, 0.15) is 5.75 Å². The van der Waals surface area contributed by atoms with Gasteiger partial charge in [-0.15, -0.1) is 0 Å². The molecule has 29 heavy (non-hydrogen) atoms. The Labute approximate surface area is 169 Å². The number of aliphatic carboxylic acids is 1. The summed E-state index contributed by atoms with van der Waals surface area (Å²) in [5.74, 6) is 0.590. The molecule has 0 saturated carbocycles. The van der Waals surface area contributed by atoms with Crippen LogP contribution in [0.1, 0.15) is 35.3 Å². The normalized spacial score (nSPS) is 12.8.